The molecular formula is C15H20ClF3N2O3. The van der Waals surface area contributed by atoms with E-state index in [1.807, 2.05) is 0 Å². The van der Waals surface area contributed by atoms with Crippen molar-refractivity contribution in [2.24, 2.45) is 0 Å². The fraction of sp³-hybridized carbons (Fsp3) is 0.533. The second-order valence-electron chi connectivity index (χ2n) is 5.26. The zero-order valence-electron chi connectivity index (χ0n) is 13.1. The number of methoxy groups -OCH3 is 1. The normalized spacial score (nSPS) is 17.1. The Bertz CT molecular complexity index is 549. The number of ether oxygens (including phenoxy) is 2. The highest BCUT2D eigenvalue weighted by molar-refractivity contribution is 5.85. The number of carbonyl (C=O) groups is 1. The molecule has 1 aliphatic rings. The lowest BCUT2D eigenvalue weighted by Gasteiger charge is -2.14. The first-order valence-electron chi connectivity index (χ1n) is 7.26. The van der Waals surface area contributed by atoms with Gasteiger partial charge in [-0.05, 0) is 37.1 Å². The van der Waals surface area contributed by atoms with Gasteiger partial charge in [0.05, 0.1) is 13.2 Å². The van der Waals surface area contributed by atoms with Crippen LogP contribution in [0.3, 0.4) is 0 Å². The first-order chi connectivity index (χ1) is 10.9. The summed E-state index contributed by atoms with van der Waals surface area (Å²) in [6, 6.07) is 4.37. The average Bonchev–Trinajstić information content (AvgIpc) is 3.04. The maximum atomic E-state index is 12.2. The molecule has 0 bridgehead atoms. The van der Waals surface area contributed by atoms with E-state index >= 15 is 0 Å². The van der Waals surface area contributed by atoms with Crippen LogP contribution in [0.1, 0.15) is 18.4 Å². The number of alkyl halides is 3. The van der Waals surface area contributed by atoms with E-state index in [0.717, 1.165) is 19.4 Å². The second kappa shape index (κ2) is 8.98. The van der Waals surface area contributed by atoms with Gasteiger partial charge in [0, 0.05) is 6.54 Å². The Kier molecular flexibility index (Phi) is 7.62. The fourth-order valence-electron chi connectivity index (χ4n) is 2.32. The van der Waals surface area contributed by atoms with Crippen molar-refractivity contribution in [2.45, 2.75) is 31.6 Å². The van der Waals surface area contributed by atoms with Gasteiger partial charge < -0.3 is 20.1 Å². The van der Waals surface area contributed by atoms with Gasteiger partial charge in [0.25, 0.3) is 0 Å². The predicted octanol–water partition coefficient (Wildman–Crippen LogP) is 2.43. The topological polar surface area (TPSA) is 59.6 Å². The molecule has 1 fully saturated rings. The Labute approximate surface area is 144 Å². The van der Waals surface area contributed by atoms with E-state index in [9.17, 15) is 18.0 Å². The highest BCUT2D eigenvalue weighted by atomic mass is 35.5. The van der Waals surface area contributed by atoms with Crippen LogP contribution < -0.4 is 20.1 Å². The molecule has 0 spiro atoms. The van der Waals surface area contributed by atoms with Crippen LogP contribution in [0.5, 0.6) is 11.5 Å². The zero-order valence-corrected chi connectivity index (χ0v) is 13.9. The summed E-state index contributed by atoms with van der Waals surface area (Å²) in [5.41, 5.74) is 0.715. The number of rotatable bonds is 6. The number of hydrogen-bond acceptors (Lipinski definition) is 4. The molecule has 0 aromatic heterocycles. The lowest BCUT2D eigenvalue weighted by molar-refractivity contribution is -0.153. The maximum Gasteiger partial charge on any atom is 0.422 e. The second-order valence-corrected chi connectivity index (χ2v) is 5.26. The molecule has 2 rings (SSSR count). The van der Waals surface area contributed by atoms with E-state index in [2.05, 4.69) is 10.6 Å². The van der Waals surface area contributed by atoms with Crippen molar-refractivity contribution in [3.8, 4) is 11.5 Å². The number of carbonyl (C=O) groups excluding carboxylic acids is 1. The minimum atomic E-state index is -4.41. The quantitative estimate of drug-likeness (QED) is 0.809. The van der Waals surface area contributed by atoms with E-state index in [-0.39, 0.29) is 42.4 Å². The van der Waals surface area contributed by atoms with Gasteiger partial charge in [0.2, 0.25) is 5.91 Å². The lowest BCUT2D eigenvalue weighted by Crippen LogP contribution is -2.39. The molecule has 0 radical (unpaired) electrons. The van der Waals surface area contributed by atoms with Crippen LogP contribution in [0.2, 0.25) is 0 Å². The van der Waals surface area contributed by atoms with Crippen molar-refractivity contribution in [1.82, 2.24) is 10.6 Å². The Morgan fingerprint density at radius 2 is 2.12 bits per heavy atom. The Morgan fingerprint density at radius 1 is 1.38 bits per heavy atom. The molecule has 1 saturated heterocycles. The maximum absolute atomic E-state index is 12.2. The predicted molar refractivity (Wildman–Crippen MR) is 84.7 cm³/mol. The number of benzene rings is 1. The number of hydrogen-bond donors (Lipinski definition) is 2. The Hall–Kier alpha value is -1.67. The third kappa shape index (κ3) is 6.09. The average molecular weight is 369 g/mol. The largest absolute Gasteiger partial charge is 0.493 e. The van der Waals surface area contributed by atoms with E-state index in [4.69, 9.17) is 9.47 Å². The molecule has 1 aromatic carbocycles. The smallest absolute Gasteiger partial charge is 0.422 e. The van der Waals surface area contributed by atoms with E-state index in [1.54, 1.807) is 12.1 Å². The molecule has 1 amide bonds. The highest BCUT2D eigenvalue weighted by Gasteiger charge is 2.29. The molecule has 0 saturated carbocycles. The molecule has 5 nitrogen and oxygen atoms in total. The van der Waals surface area contributed by atoms with Crippen LogP contribution in [0, 0.1) is 0 Å². The van der Waals surface area contributed by atoms with Crippen molar-refractivity contribution in [3.05, 3.63) is 23.8 Å². The van der Waals surface area contributed by atoms with Crippen LogP contribution in [-0.2, 0) is 11.3 Å². The number of nitrogens with one attached hydrogen (secondary N) is 2. The van der Waals surface area contributed by atoms with Crippen molar-refractivity contribution >= 4 is 18.3 Å². The van der Waals surface area contributed by atoms with Gasteiger partial charge >= 0.3 is 6.18 Å². The van der Waals surface area contributed by atoms with Crippen LogP contribution in [0.25, 0.3) is 0 Å². The molecule has 1 unspecified atom stereocenters. The van der Waals surface area contributed by atoms with Crippen LogP contribution >= 0.6 is 12.4 Å². The standard InChI is InChI=1S/C15H19F3N2O3.ClH/c1-22-13-7-10(4-5-12(13)23-9-15(16,17)18)8-20-14(21)11-3-2-6-19-11;/h4-5,7,11,19H,2-3,6,8-9H2,1H3,(H,20,21);1H. The minimum Gasteiger partial charge on any atom is -0.493 e. The molecule has 24 heavy (non-hydrogen) atoms. The number of halogens is 4. The Morgan fingerprint density at radius 3 is 2.71 bits per heavy atom. The van der Waals surface area contributed by atoms with Gasteiger partial charge in [-0.15, -0.1) is 12.4 Å². The molecule has 1 atom stereocenters. The van der Waals surface area contributed by atoms with Gasteiger partial charge in [0.1, 0.15) is 0 Å². The third-order valence-electron chi connectivity index (χ3n) is 3.46. The molecule has 9 heteroatoms. The van der Waals surface area contributed by atoms with Crippen molar-refractivity contribution in [1.29, 1.82) is 0 Å². The van der Waals surface area contributed by atoms with Gasteiger partial charge in [-0.1, -0.05) is 6.07 Å². The van der Waals surface area contributed by atoms with Crippen LogP contribution in [0.4, 0.5) is 13.2 Å². The van der Waals surface area contributed by atoms with E-state index in [0.29, 0.717) is 5.56 Å². The molecule has 1 aromatic rings. The Balaban J connectivity index is 0.00000288. The summed E-state index contributed by atoms with van der Waals surface area (Å²) in [7, 11) is 1.35. The molecule has 0 aliphatic carbocycles. The lowest BCUT2D eigenvalue weighted by atomic mass is 10.1. The zero-order chi connectivity index (χ0) is 16.9. The summed E-state index contributed by atoms with van der Waals surface area (Å²) in [5.74, 6) is 0.121. The van der Waals surface area contributed by atoms with Crippen LogP contribution in [-0.4, -0.2) is 38.4 Å². The van der Waals surface area contributed by atoms with Crippen molar-refractivity contribution in [2.75, 3.05) is 20.3 Å². The monoisotopic (exact) mass is 368 g/mol. The van der Waals surface area contributed by atoms with E-state index in [1.165, 1.54) is 13.2 Å². The summed E-state index contributed by atoms with van der Waals surface area (Å²) in [6.07, 6.45) is -2.64. The summed E-state index contributed by atoms with van der Waals surface area (Å²) in [6.45, 7) is -0.281. The van der Waals surface area contributed by atoms with Gasteiger partial charge in [-0.3, -0.25) is 4.79 Å². The van der Waals surface area contributed by atoms with Crippen molar-refractivity contribution < 1.29 is 27.4 Å². The molecule has 1 heterocycles. The summed E-state index contributed by atoms with van der Waals surface area (Å²) in [4.78, 5) is 11.9. The number of amides is 1. The van der Waals surface area contributed by atoms with Crippen molar-refractivity contribution in [3.63, 3.8) is 0 Å². The third-order valence-corrected chi connectivity index (χ3v) is 3.46. The van der Waals surface area contributed by atoms with Crippen LogP contribution in [0.15, 0.2) is 18.2 Å². The summed E-state index contributed by atoms with van der Waals surface area (Å²) >= 11 is 0. The summed E-state index contributed by atoms with van der Waals surface area (Å²) in [5, 5.41) is 5.88. The highest BCUT2D eigenvalue weighted by Crippen LogP contribution is 2.29. The summed E-state index contributed by atoms with van der Waals surface area (Å²) < 4.78 is 46.3. The molecule has 2 N–H and O–H groups in total. The van der Waals surface area contributed by atoms with Gasteiger partial charge in [-0.25, -0.2) is 0 Å². The fourth-order valence-corrected chi connectivity index (χ4v) is 2.32. The minimum absolute atomic E-state index is 0. The first-order valence-corrected chi connectivity index (χ1v) is 7.26. The van der Waals surface area contributed by atoms with E-state index < -0.39 is 12.8 Å². The van der Waals surface area contributed by atoms with Gasteiger partial charge in [-0.2, -0.15) is 13.2 Å². The molecular weight excluding hydrogens is 349 g/mol. The first kappa shape index (κ1) is 20.4. The molecule has 1 aliphatic heterocycles. The SMILES string of the molecule is COc1cc(CNC(=O)C2CCCN2)ccc1OCC(F)(F)F.Cl. The molecule has 136 valence electrons. The van der Waals surface area contributed by atoms with Gasteiger partial charge in [0.15, 0.2) is 18.1 Å².